The van der Waals surface area contributed by atoms with E-state index in [0.717, 1.165) is 50.6 Å². The number of nitrogens with one attached hydrogen (secondary N) is 3. The molecule has 420 valence electrons. The van der Waals surface area contributed by atoms with E-state index in [1.807, 2.05) is 149 Å². The molecule has 0 saturated carbocycles. The normalized spacial score (nSPS) is 11.2. The van der Waals surface area contributed by atoms with Crippen molar-refractivity contribution >= 4 is 64.8 Å². The molecule has 0 unspecified atom stereocenters. The number of thioether (sulfide) groups is 3. The molecule has 0 amide bonds. The second-order valence-electron chi connectivity index (χ2n) is 17.6. The van der Waals surface area contributed by atoms with Crippen LogP contribution in [0.15, 0.2) is 227 Å². The van der Waals surface area contributed by atoms with E-state index in [1.54, 1.807) is 94.1 Å². The van der Waals surface area contributed by atoms with Gasteiger partial charge in [-0.1, -0.05) is 89.5 Å². The summed E-state index contributed by atoms with van der Waals surface area (Å²) in [4.78, 5) is 23.0. The van der Waals surface area contributed by atoms with Gasteiger partial charge in [0.2, 0.25) is 29.5 Å². The van der Waals surface area contributed by atoms with Crippen LogP contribution in [-0.4, -0.2) is 95.3 Å². The van der Waals surface area contributed by atoms with Crippen molar-refractivity contribution in [2.75, 3.05) is 40.1 Å². The lowest BCUT2D eigenvalue weighted by Gasteiger charge is -2.04. The molecule has 7 aromatic carbocycles. The third-order valence-corrected chi connectivity index (χ3v) is 19.7. The molecular formula is C60H60N6O9S6. The molecular weight excluding hydrogens is 1140 g/mol. The van der Waals surface area contributed by atoms with E-state index in [9.17, 15) is 25.3 Å². The summed E-state index contributed by atoms with van der Waals surface area (Å²) in [7, 11) is -6.19. The number of hydrogen-bond acceptors (Lipinski definition) is 15. The SMILES string of the molecule is COc1ccc(-c2nc(SC)c(S(=O)(=O)c3ccc(C)cc3)[nH]2)cc1.COc1ccc(-c2nc(SC)c(S(=O)(=O)c3ccc(C)cc3)[nH]2)cc1.COc1ccc(-c2nc(SC)c(S(=O)(=O)c3ccc(C)cc3)[nH]2)cc1.c1ccccc1. The van der Waals surface area contributed by atoms with Crippen molar-refractivity contribution in [3.8, 4) is 51.4 Å². The van der Waals surface area contributed by atoms with Crippen LogP contribution in [0.5, 0.6) is 17.2 Å². The minimum Gasteiger partial charge on any atom is -0.497 e. The van der Waals surface area contributed by atoms with Gasteiger partial charge in [-0.05, 0) is 149 Å². The number of hydrogen-bond donors (Lipinski definition) is 3. The van der Waals surface area contributed by atoms with Gasteiger partial charge in [0, 0.05) is 16.7 Å². The number of benzene rings is 7. The van der Waals surface area contributed by atoms with Gasteiger partial charge in [-0.3, -0.25) is 0 Å². The van der Waals surface area contributed by atoms with Crippen LogP contribution in [0.2, 0.25) is 0 Å². The summed E-state index contributed by atoms with van der Waals surface area (Å²) < 4.78 is 93.2. The van der Waals surface area contributed by atoms with E-state index in [-0.39, 0.29) is 29.8 Å². The van der Waals surface area contributed by atoms with Crippen molar-refractivity contribution in [3.63, 3.8) is 0 Å². The third kappa shape index (κ3) is 15.1. The van der Waals surface area contributed by atoms with Gasteiger partial charge < -0.3 is 29.2 Å². The van der Waals surface area contributed by atoms with E-state index in [2.05, 4.69) is 29.9 Å². The molecule has 10 aromatic rings. The van der Waals surface area contributed by atoms with Crippen LogP contribution in [-0.2, 0) is 29.5 Å². The monoisotopic (exact) mass is 1200 g/mol. The Morgan fingerprint density at radius 1 is 0.333 bits per heavy atom. The molecule has 0 fully saturated rings. The number of sulfone groups is 3. The standard InChI is InChI=1S/3C18H18N2O3S2.C6H6/c3*1-12-4-10-15(11-5-12)25(21,22)18-17(24-3)19-16(20-18)13-6-8-14(23-2)9-7-13;1-2-4-6-5-3-1/h3*4-11H,1-3H3,(H,19,20);1-6H. The van der Waals surface area contributed by atoms with Gasteiger partial charge in [0.1, 0.15) is 49.8 Å². The van der Waals surface area contributed by atoms with Gasteiger partial charge in [-0.2, -0.15) is 0 Å². The number of ether oxygens (including phenoxy) is 3. The van der Waals surface area contributed by atoms with Crippen LogP contribution < -0.4 is 14.2 Å². The highest BCUT2D eigenvalue weighted by Crippen LogP contribution is 2.35. The van der Waals surface area contributed by atoms with Gasteiger partial charge in [0.15, 0.2) is 15.1 Å². The Morgan fingerprint density at radius 2 is 0.543 bits per heavy atom. The molecule has 0 aliphatic rings. The van der Waals surface area contributed by atoms with E-state index in [1.165, 1.54) is 35.3 Å². The number of nitrogens with zero attached hydrogens (tertiary/aromatic N) is 3. The fourth-order valence-electron chi connectivity index (χ4n) is 7.53. The van der Waals surface area contributed by atoms with Crippen molar-refractivity contribution in [3.05, 3.63) is 199 Å². The summed E-state index contributed by atoms with van der Waals surface area (Å²) in [6.07, 6.45) is 5.42. The molecule has 0 spiro atoms. The molecule has 3 heterocycles. The summed E-state index contributed by atoms with van der Waals surface area (Å²) in [5, 5.41) is 1.71. The van der Waals surface area contributed by atoms with E-state index >= 15 is 0 Å². The van der Waals surface area contributed by atoms with Crippen LogP contribution in [0, 0.1) is 20.8 Å². The first-order valence-corrected chi connectivity index (χ1v) is 32.8. The molecule has 0 saturated heterocycles. The highest BCUT2D eigenvalue weighted by Gasteiger charge is 2.28. The van der Waals surface area contributed by atoms with Gasteiger partial charge in [0.25, 0.3) is 0 Å². The Morgan fingerprint density at radius 3 is 0.728 bits per heavy atom. The second kappa shape index (κ2) is 27.8. The smallest absolute Gasteiger partial charge is 0.224 e. The first-order valence-electron chi connectivity index (χ1n) is 24.7. The van der Waals surface area contributed by atoms with Crippen molar-refractivity contribution in [1.29, 1.82) is 0 Å². The Kier molecular flexibility index (Phi) is 20.9. The minimum atomic E-state index is -3.66. The Balaban J connectivity index is 0.000000166. The average molecular weight is 1200 g/mol. The molecule has 0 aliphatic heterocycles. The summed E-state index contributed by atoms with van der Waals surface area (Å²) in [5.74, 6) is 3.72. The van der Waals surface area contributed by atoms with Crippen LogP contribution in [0.25, 0.3) is 34.2 Å². The van der Waals surface area contributed by atoms with Crippen molar-refractivity contribution in [1.82, 2.24) is 29.9 Å². The average Bonchev–Trinajstić information content (AvgIpc) is 4.28. The summed E-state index contributed by atoms with van der Waals surface area (Å²) >= 11 is 3.89. The van der Waals surface area contributed by atoms with Crippen molar-refractivity contribution in [2.24, 2.45) is 0 Å². The topological polar surface area (TPSA) is 216 Å². The van der Waals surface area contributed by atoms with E-state index < -0.39 is 29.5 Å². The lowest BCUT2D eigenvalue weighted by molar-refractivity contribution is 0.414. The summed E-state index contributed by atoms with van der Waals surface area (Å²) in [6, 6.07) is 54.3. The fourth-order valence-corrected chi connectivity index (χ4v) is 14.2. The Labute approximate surface area is 486 Å². The van der Waals surface area contributed by atoms with Crippen LogP contribution in [0.3, 0.4) is 0 Å². The molecule has 3 aromatic heterocycles. The molecule has 0 radical (unpaired) electrons. The van der Waals surface area contributed by atoms with Gasteiger partial charge in [-0.25, -0.2) is 40.2 Å². The molecule has 15 nitrogen and oxygen atoms in total. The third-order valence-electron chi connectivity index (χ3n) is 12.1. The number of imidazole rings is 3. The molecule has 0 atom stereocenters. The van der Waals surface area contributed by atoms with Gasteiger partial charge in [-0.15, -0.1) is 35.3 Å². The second-order valence-corrected chi connectivity index (χ2v) is 25.6. The summed E-state index contributed by atoms with van der Waals surface area (Å²) in [6.45, 7) is 5.76. The maximum Gasteiger partial charge on any atom is 0.224 e. The summed E-state index contributed by atoms with van der Waals surface area (Å²) in [5.41, 5.74) is 5.40. The van der Waals surface area contributed by atoms with E-state index in [0.29, 0.717) is 32.6 Å². The zero-order chi connectivity index (χ0) is 58.3. The molecule has 81 heavy (non-hydrogen) atoms. The number of aryl methyl sites for hydroxylation is 3. The lowest BCUT2D eigenvalue weighted by Crippen LogP contribution is -2.04. The Bertz CT molecular complexity index is 3570. The molecule has 10 rings (SSSR count). The van der Waals surface area contributed by atoms with Crippen molar-refractivity contribution in [2.45, 2.75) is 65.6 Å². The van der Waals surface area contributed by atoms with E-state index in [4.69, 9.17) is 14.2 Å². The van der Waals surface area contributed by atoms with Crippen LogP contribution in [0.4, 0.5) is 0 Å². The molecule has 21 heteroatoms. The van der Waals surface area contributed by atoms with Gasteiger partial charge in [0.05, 0.1) is 36.0 Å². The highest BCUT2D eigenvalue weighted by molar-refractivity contribution is 8.00. The fraction of sp³-hybridized carbons (Fsp3) is 0.150. The van der Waals surface area contributed by atoms with Crippen LogP contribution in [0.1, 0.15) is 16.7 Å². The zero-order valence-corrected chi connectivity index (χ0v) is 50.7. The van der Waals surface area contributed by atoms with Crippen molar-refractivity contribution < 1.29 is 39.5 Å². The first-order chi connectivity index (χ1) is 38.9. The molecule has 0 aliphatic carbocycles. The maximum absolute atomic E-state index is 13.0. The molecule has 3 N–H and O–H groups in total. The minimum absolute atomic E-state index is 0.120. The van der Waals surface area contributed by atoms with Gasteiger partial charge >= 0.3 is 0 Å². The molecule has 0 bridgehead atoms. The number of aromatic nitrogens is 6. The Hall–Kier alpha value is -7.53. The quantitative estimate of drug-likeness (QED) is 0.0814. The largest absolute Gasteiger partial charge is 0.497 e. The number of aromatic amines is 3. The first kappa shape index (κ1) is 61.1. The lowest BCUT2D eigenvalue weighted by atomic mass is 10.2. The number of H-pyrrole nitrogens is 3. The maximum atomic E-state index is 13.0. The predicted octanol–water partition coefficient (Wildman–Crippen LogP) is 13.5. The van der Waals surface area contributed by atoms with Crippen LogP contribution >= 0.6 is 35.3 Å². The zero-order valence-electron chi connectivity index (χ0n) is 45.8. The number of rotatable bonds is 15. The number of methoxy groups -OCH3 is 3. The predicted molar refractivity (Wildman–Crippen MR) is 323 cm³/mol. The highest BCUT2D eigenvalue weighted by atomic mass is 32.2.